The fourth-order valence-electron chi connectivity index (χ4n) is 0.541. The Morgan fingerprint density at radius 3 is 1.23 bits per heavy atom. The Hall–Kier alpha value is -0.381. The molecule has 0 aliphatic heterocycles. The van der Waals surface area contributed by atoms with Gasteiger partial charge in [-0.3, -0.25) is 0 Å². The van der Waals surface area contributed by atoms with E-state index in [1.807, 2.05) is 0 Å². The summed E-state index contributed by atoms with van der Waals surface area (Å²) in [5.74, 6) is 6.07. The van der Waals surface area contributed by atoms with E-state index in [4.69, 9.17) is 0 Å². The van der Waals surface area contributed by atoms with Crippen LogP contribution in [0.5, 0.6) is 0 Å². The molecule has 0 amide bonds. The summed E-state index contributed by atoms with van der Waals surface area (Å²) in [5, 5.41) is 0. The van der Waals surface area contributed by atoms with Gasteiger partial charge in [0, 0.05) is 0 Å². The van der Waals surface area contributed by atoms with Crippen molar-refractivity contribution < 1.29 is 0 Å². The van der Waals surface area contributed by atoms with E-state index >= 15 is 0 Å². The van der Waals surface area contributed by atoms with Crippen molar-refractivity contribution in [2.75, 3.05) is 0 Å². The lowest BCUT2D eigenvalue weighted by Gasteiger charge is -2.08. The molecule has 0 saturated heterocycles. The molecule has 0 spiro atoms. The van der Waals surface area contributed by atoms with Crippen LogP contribution < -0.4 is 0 Å². The van der Waals surface area contributed by atoms with Crippen molar-refractivity contribution in [2.45, 2.75) is 39.3 Å². The fraction of sp³-hybridized carbons (Fsp3) is 0.600. The second-order valence-corrected chi connectivity index (χ2v) is 14.7. The molecule has 0 aromatic heterocycles. The molecule has 0 aromatic rings. The van der Waals surface area contributed by atoms with Crippen LogP contribution in [0.25, 0.3) is 0 Å². The molecule has 13 heavy (non-hydrogen) atoms. The topological polar surface area (TPSA) is 0 Å². The first kappa shape index (κ1) is 12.6. The molecular formula is C10H18BSi2-. The first-order valence-electron chi connectivity index (χ1n) is 4.58. The Morgan fingerprint density at radius 1 is 0.692 bits per heavy atom. The van der Waals surface area contributed by atoms with Gasteiger partial charge in [0.15, 0.2) is 0 Å². The Balaban J connectivity index is 4.03. The number of rotatable bonds is 0. The van der Waals surface area contributed by atoms with Crippen molar-refractivity contribution in [1.29, 1.82) is 0 Å². The Morgan fingerprint density at radius 2 is 1.00 bits per heavy atom. The van der Waals surface area contributed by atoms with Crippen LogP contribution in [-0.4, -0.2) is 23.4 Å². The summed E-state index contributed by atoms with van der Waals surface area (Å²) >= 11 is 0. The summed E-state index contributed by atoms with van der Waals surface area (Å²) in [5.41, 5.74) is 6.51. The van der Waals surface area contributed by atoms with Crippen molar-refractivity contribution in [3.8, 4) is 22.7 Å². The minimum Gasteiger partial charge on any atom is -0.383 e. The van der Waals surface area contributed by atoms with Crippen LogP contribution in [0.3, 0.4) is 0 Å². The second kappa shape index (κ2) is 4.74. The zero-order valence-electron chi connectivity index (χ0n) is 9.58. The molecule has 0 atom stereocenters. The van der Waals surface area contributed by atoms with E-state index in [-0.39, 0.29) is 0 Å². The molecule has 0 aliphatic carbocycles. The van der Waals surface area contributed by atoms with E-state index < -0.39 is 16.1 Å². The van der Waals surface area contributed by atoms with Gasteiger partial charge in [-0.25, -0.2) is 0 Å². The lowest BCUT2D eigenvalue weighted by Crippen LogP contribution is -2.17. The molecule has 0 rings (SSSR count). The molecule has 70 valence electrons. The van der Waals surface area contributed by atoms with Gasteiger partial charge in [0.2, 0.25) is 0 Å². The third-order valence-electron chi connectivity index (χ3n) is 1.04. The average Bonchev–Trinajstić information content (AvgIpc) is 1.81. The van der Waals surface area contributed by atoms with Gasteiger partial charge in [-0.05, 0) is 0 Å². The molecule has 0 heterocycles. The SMILES string of the molecule is C[Si](C)(C)C#C[B-]C#C[Si](C)(C)C. The van der Waals surface area contributed by atoms with Crippen LogP contribution in [-0.2, 0) is 0 Å². The van der Waals surface area contributed by atoms with Gasteiger partial charge < -0.3 is 11.6 Å². The first-order valence-corrected chi connectivity index (χ1v) is 11.6. The molecule has 2 radical (unpaired) electrons. The molecule has 0 nitrogen and oxygen atoms in total. The predicted octanol–water partition coefficient (Wildman–Crippen LogP) is 2.37. The highest BCUT2D eigenvalue weighted by Crippen LogP contribution is 1.96. The molecular weight excluding hydrogens is 187 g/mol. The van der Waals surface area contributed by atoms with Crippen molar-refractivity contribution in [2.24, 2.45) is 0 Å². The monoisotopic (exact) mass is 205 g/mol. The van der Waals surface area contributed by atoms with Crippen molar-refractivity contribution >= 4 is 23.4 Å². The Labute approximate surface area is 85.8 Å². The third kappa shape index (κ3) is 11.6. The normalized spacial score (nSPS) is 10.9. The van der Waals surface area contributed by atoms with Crippen molar-refractivity contribution in [3.05, 3.63) is 0 Å². The van der Waals surface area contributed by atoms with E-state index in [9.17, 15) is 0 Å². The van der Waals surface area contributed by atoms with Gasteiger partial charge >= 0.3 is 0 Å². The van der Waals surface area contributed by atoms with Crippen LogP contribution in [0, 0.1) is 22.7 Å². The average molecular weight is 205 g/mol. The summed E-state index contributed by atoms with van der Waals surface area (Å²) in [6, 6.07) is 0. The minimum absolute atomic E-state index is 1.20. The van der Waals surface area contributed by atoms with Crippen molar-refractivity contribution in [1.82, 2.24) is 0 Å². The van der Waals surface area contributed by atoms with Crippen LogP contribution in [0.4, 0.5) is 0 Å². The first-order chi connectivity index (χ1) is 5.71. The maximum Gasteiger partial charge on any atom is 0.124 e. The summed E-state index contributed by atoms with van der Waals surface area (Å²) < 4.78 is 0. The van der Waals surface area contributed by atoms with E-state index in [0.717, 1.165) is 0 Å². The summed E-state index contributed by atoms with van der Waals surface area (Å²) in [7, 11) is -0.602. The van der Waals surface area contributed by atoms with E-state index in [2.05, 4.69) is 62.0 Å². The largest absolute Gasteiger partial charge is 0.383 e. The lowest BCUT2D eigenvalue weighted by molar-refractivity contribution is 1.82. The van der Waals surface area contributed by atoms with Crippen LogP contribution in [0.2, 0.25) is 39.3 Å². The van der Waals surface area contributed by atoms with Gasteiger partial charge in [0.1, 0.15) is 16.1 Å². The van der Waals surface area contributed by atoms with Crippen LogP contribution >= 0.6 is 0 Å². The highest BCUT2D eigenvalue weighted by Gasteiger charge is 2.05. The highest BCUT2D eigenvalue weighted by atomic mass is 28.3. The van der Waals surface area contributed by atoms with Crippen LogP contribution in [0.15, 0.2) is 0 Å². The molecule has 0 saturated carbocycles. The molecule has 0 N–H and O–H groups in total. The van der Waals surface area contributed by atoms with Crippen molar-refractivity contribution in [3.63, 3.8) is 0 Å². The highest BCUT2D eigenvalue weighted by molar-refractivity contribution is 6.86. The van der Waals surface area contributed by atoms with Gasteiger partial charge in [-0.2, -0.15) is 11.1 Å². The van der Waals surface area contributed by atoms with E-state index in [0.29, 0.717) is 0 Å². The molecule has 3 heteroatoms. The molecule has 0 unspecified atom stereocenters. The van der Waals surface area contributed by atoms with Gasteiger partial charge in [0.25, 0.3) is 0 Å². The van der Waals surface area contributed by atoms with Gasteiger partial charge in [-0.15, -0.1) is 7.28 Å². The second-order valence-electron chi connectivity index (χ2n) is 5.18. The fourth-order valence-corrected chi connectivity index (χ4v) is 1.55. The standard InChI is InChI=1S/C10H18BSi2/c1-12(2,3)9-7-11-8-10-13(4,5)6/h1-6H3/q-1. The summed E-state index contributed by atoms with van der Waals surface area (Å²) in [6.07, 6.45) is 0. The maximum absolute atomic E-state index is 3.25. The zero-order valence-corrected chi connectivity index (χ0v) is 11.6. The Bertz CT molecular complexity index is 242. The molecule has 0 bridgehead atoms. The third-order valence-corrected chi connectivity index (χ3v) is 2.83. The minimum atomic E-state index is -1.20. The van der Waals surface area contributed by atoms with E-state index in [1.54, 1.807) is 7.28 Å². The number of hydrogen-bond donors (Lipinski definition) is 0. The summed E-state index contributed by atoms with van der Waals surface area (Å²) in [6.45, 7) is 13.4. The molecule has 0 aliphatic rings. The van der Waals surface area contributed by atoms with E-state index in [1.165, 1.54) is 0 Å². The quantitative estimate of drug-likeness (QED) is 0.420. The van der Waals surface area contributed by atoms with Gasteiger partial charge in [-0.1, -0.05) is 39.3 Å². The predicted molar refractivity (Wildman–Crippen MR) is 68.0 cm³/mol. The molecule has 0 fully saturated rings. The smallest absolute Gasteiger partial charge is 0.124 e. The Kier molecular flexibility index (Phi) is 4.60. The zero-order chi connectivity index (χ0) is 10.5. The molecule has 0 aromatic carbocycles. The van der Waals surface area contributed by atoms with Gasteiger partial charge in [0.05, 0.1) is 0 Å². The summed E-state index contributed by atoms with van der Waals surface area (Å²) in [4.78, 5) is 0. The lowest BCUT2D eigenvalue weighted by atomic mass is 9.83. The number of hydrogen-bond acceptors (Lipinski definition) is 0. The maximum atomic E-state index is 3.25. The van der Waals surface area contributed by atoms with Crippen LogP contribution in [0.1, 0.15) is 0 Å².